The van der Waals surface area contributed by atoms with Crippen LogP contribution in [-0.2, 0) is 24.4 Å². The van der Waals surface area contributed by atoms with Gasteiger partial charge < -0.3 is 59.8 Å². The first kappa shape index (κ1) is 57.1. The fourth-order valence-corrected chi connectivity index (χ4v) is 9.12. The molecule has 2 aliphatic heterocycles. The van der Waals surface area contributed by atoms with Gasteiger partial charge in [0.1, 0.15) is 58.9 Å². The molecule has 0 aromatic heterocycles. The smallest absolute Gasteiger partial charge is 0.744 e. The van der Waals surface area contributed by atoms with Crippen molar-refractivity contribution < 1.29 is 107 Å². The zero-order chi connectivity index (χ0) is 47.0. The summed E-state index contributed by atoms with van der Waals surface area (Å²) in [7, 11) is -4.81. The van der Waals surface area contributed by atoms with Crippen LogP contribution in [0.1, 0.15) is 137 Å². The second-order valence-corrected chi connectivity index (χ2v) is 18.4. The molecule has 2 aromatic carbocycles. The van der Waals surface area contributed by atoms with E-state index in [1.807, 2.05) is 0 Å². The van der Waals surface area contributed by atoms with Gasteiger partial charge in [-0.25, -0.2) is 8.42 Å². The summed E-state index contributed by atoms with van der Waals surface area (Å²) in [5.74, 6) is -1.25. The van der Waals surface area contributed by atoms with Crippen molar-refractivity contribution in [1.29, 1.82) is 0 Å². The predicted octanol–water partition coefficient (Wildman–Crippen LogP) is -0.916. The van der Waals surface area contributed by atoms with Gasteiger partial charge in [-0.2, -0.15) is 0 Å². The SMILES string of the molecule is CCCCCCCCC(=O)N(CCCCCCCCCCCCN1C(=O)c2cccc3c(S(=O)(=O)[O-])ccc(c23)C1=O)C[C@H](O)[C@@H](O)[C@H](O[C@@H]1O[C@H](CO)[C@H](O)[C@H](O)[C@H]1O)[C@H](O)CO.[Na+]. The Morgan fingerprint density at radius 3 is 1.94 bits per heavy atom. The molecule has 0 saturated carbocycles. The van der Waals surface area contributed by atoms with Crippen molar-refractivity contribution in [2.45, 2.75) is 176 Å². The first-order valence-corrected chi connectivity index (χ1v) is 24.2. The Kier molecular flexibility index (Phi) is 24.9. The number of unbranched alkanes of at least 4 members (excludes halogenated alkanes) is 14. The first-order chi connectivity index (χ1) is 30.6. The van der Waals surface area contributed by atoms with Crippen LogP contribution in [0, 0.1) is 0 Å². The van der Waals surface area contributed by atoms with Gasteiger partial charge in [0.05, 0.1) is 18.1 Å². The zero-order valence-corrected chi connectivity index (χ0v) is 40.6. The number of amides is 3. The fraction of sp³-hybridized carbons (Fsp3) is 0.711. The van der Waals surface area contributed by atoms with Crippen LogP contribution in [0.15, 0.2) is 35.2 Å². The van der Waals surface area contributed by atoms with Crippen molar-refractivity contribution >= 4 is 38.6 Å². The molecule has 8 N–H and O–H groups in total. The number of nitrogens with zero attached hydrogens (tertiary/aromatic N) is 2. The summed E-state index contributed by atoms with van der Waals surface area (Å²) in [6, 6.07) is 6.85. The minimum absolute atomic E-state index is 0. The number of carbonyl (C=O) groups excluding carboxylic acids is 3. The third kappa shape index (κ3) is 15.9. The van der Waals surface area contributed by atoms with Crippen LogP contribution in [-0.4, -0.2) is 169 Å². The largest absolute Gasteiger partial charge is 1.00 e. The van der Waals surface area contributed by atoms with E-state index in [0.717, 1.165) is 89.5 Å². The summed E-state index contributed by atoms with van der Waals surface area (Å²) in [6.07, 6.45) is -1.00. The van der Waals surface area contributed by atoms with Gasteiger partial charge in [0.2, 0.25) is 5.91 Å². The van der Waals surface area contributed by atoms with Gasteiger partial charge in [-0.1, -0.05) is 103 Å². The molecule has 0 unspecified atom stereocenters. The molecule has 3 amide bonds. The molecular formula is C45H69N2NaO16S. The van der Waals surface area contributed by atoms with Gasteiger partial charge >= 0.3 is 29.6 Å². The Morgan fingerprint density at radius 1 is 0.785 bits per heavy atom. The molecule has 9 atom stereocenters. The van der Waals surface area contributed by atoms with E-state index in [4.69, 9.17) is 9.47 Å². The third-order valence-corrected chi connectivity index (χ3v) is 13.1. The molecule has 2 aliphatic rings. The second-order valence-electron chi connectivity index (χ2n) is 17.1. The van der Waals surface area contributed by atoms with E-state index in [0.29, 0.717) is 25.8 Å². The van der Waals surface area contributed by atoms with Gasteiger partial charge in [0.25, 0.3) is 11.8 Å². The van der Waals surface area contributed by atoms with Crippen molar-refractivity contribution in [3.8, 4) is 0 Å². The fourth-order valence-electron chi connectivity index (χ4n) is 8.45. The first-order valence-electron chi connectivity index (χ1n) is 22.8. The van der Waals surface area contributed by atoms with Crippen LogP contribution in [0.3, 0.4) is 0 Å². The molecule has 4 rings (SSSR count). The maximum Gasteiger partial charge on any atom is 1.00 e. The van der Waals surface area contributed by atoms with Crippen LogP contribution in [0.4, 0.5) is 0 Å². The number of rotatable bonds is 30. The van der Waals surface area contributed by atoms with Gasteiger partial charge in [0, 0.05) is 48.0 Å². The molecule has 0 aliphatic carbocycles. The average Bonchev–Trinajstić information content (AvgIpc) is 3.27. The molecule has 65 heavy (non-hydrogen) atoms. The van der Waals surface area contributed by atoms with Gasteiger partial charge in [-0.15, -0.1) is 0 Å². The van der Waals surface area contributed by atoms with Gasteiger partial charge in [0.15, 0.2) is 6.29 Å². The Balaban J connectivity index is 0.0000112. The van der Waals surface area contributed by atoms with Crippen LogP contribution in [0.5, 0.6) is 0 Å². The number of imide groups is 1. The summed E-state index contributed by atoms with van der Waals surface area (Å²) in [6.45, 7) is 0.640. The molecule has 2 aromatic rings. The molecule has 1 fully saturated rings. The maximum absolute atomic E-state index is 13.4. The molecule has 362 valence electrons. The minimum atomic E-state index is -4.81. The number of benzene rings is 2. The van der Waals surface area contributed by atoms with Crippen molar-refractivity contribution in [3.63, 3.8) is 0 Å². The van der Waals surface area contributed by atoms with Gasteiger partial charge in [-0.3, -0.25) is 19.3 Å². The normalized spacial score (nSPS) is 21.8. The van der Waals surface area contributed by atoms with Crippen molar-refractivity contribution in [2.75, 3.05) is 32.8 Å². The summed E-state index contributed by atoms with van der Waals surface area (Å²) in [5, 5.41) is 83.1. The molecule has 2 heterocycles. The van der Waals surface area contributed by atoms with Crippen molar-refractivity contribution in [1.82, 2.24) is 9.80 Å². The Hall–Kier alpha value is -2.18. The summed E-state index contributed by atoms with van der Waals surface area (Å²) < 4.78 is 46.3. The van der Waals surface area contributed by atoms with E-state index in [1.54, 1.807) is 0 Å². The maximum atomic E-state index is 13.4. The number of aliphatic hydroxyl groups excluding tert-OH is 8. The summed E-state index contributed by atoms with van der Waals surface area (Å²) in [4.78, 5) is 42.1. The van der Waals surface area contributed by atoms with Crippen LogP contribution in [0.2, 0.25) is 0 Å². The Labute approximate surface area is 404 Å². The molecular weight excluding hydrogens is 880 g/mol. The molecule has 0 bridgehead atoms. The number of hydrogen-bond donors (Lipinski definition) is 8. The number of ether oxygens (including phenoxy) is 2. The topological polar surface area (TPSA) is 295 Å². The minimum Gasteiger partial charge on any atom is -0.744 e. The second kappa shape index (κ2) is 28.3. The van der Waals surface area contributed by atoms with E-state index in [9.17, 15) is 68.2 Å². The molecule has 1 saturated heterocycles. The molecule has 0 spiro atoms. The summed E-state index contributed by atoms with van der Waals surface area (Å²) in [5.41, 5.74) is 0.375. The predicted molar refractivity (Wildman–Crippen MR) is 232 cm³/mol. The molecule has 18 nitrogen and oxygen atoms in total. The Bertz CT molecular complexity index is 1880. The van der Waals surface area contributed by atoms with E-state index in [1.165, 1.54) is 34.1 Å². The van der Waals surface area contributed by atoms with Crippen molar-refractivity contribution in [3.05, 3.63) is 41.5 Å². The van der Waals surface area contributed by atoms with Crippen LogP contribution >= 0.6 is 0 Å². The average molecular weight is 949 g/mol. The Morgan fingerprint density at radius 2 is 1.35 bits per heavy atom. The number of aliphatic hydroxyl groups is 8. The summed E-state index contributed by atoms with van der Waals surface area (Å²) >= 11 is 0. The van der Waals surface area contributed by atoms with Gasteiger partial charge in [-0.05, 0) is 37.5 Å². The monoisotopic (exact) mass is 948 g/mol. The van der Waals surface area contributed by atoms with Crippen molar-refractivity contribution in [2.24, 2.45) is 0 Å². The molecule has 0 radical (unpaired) electrons. The van der Waals surface area contributed by atoms with E-state index >= 15 is 0 Å². The van der Waals surface area contributed by atoms with Crippen LogP contribution < -0.4 is 29.6 Å². The number of hydrogen-bond acceptors (Lipinski definition) is 16. The zero-order valence-electron chi connectivity index (χ0n) is 37.8. The quantitative estimate of drug-likeness (QED) is 0.0204. The standard InChI is InChI=1S/C45H70N2O16S.Na/c1-2-3-4-5-12-15-21-36(52)46(26-32(50)38(53)42(33(51)27-48)63-45-41(56)40(55)39(54)34(28-49)62-45)24-16-13-10-8-6-7-9-11-14-17-25-47-43(57)30-20-18-19-29-35(64(59,60)61)23-22-31(37(29)30)44(47)58;/h18-20,22-23,32-34,38-42,45,48-51,53-56H,2-17,21,24-28H2,1H3,(H,59,60,61);/q;+1/p-1/t32-,33+,34+,38+,39-,40-,41+,42+,45-;/m0./s1. The van der Waals surface area contributed by atoms with E-state index < -0.39 is 95.2 Å². The number of carbonyl (C=O) groups is 3. The van der Waals surface area contributed by atoms with Crippen LogP contribution in [0.25, 0.3) is 10.8 Å². The van der Waals surface area contributed by atoms with E-state index in [-0.39, 0.29) is 76.9 Å². The third-order valence-electron chi connectivity index (χ3n) is 12.2. The molecule has 20 heteroatoms. The van der Waals surface area contributed by atoms with E-state index in [2.05, 4.69) is 6.92 Å².